The molecule has 126 valence electrons. The highest BCUT2D eigenvalue weighted by atomic mass is 19.1. The van der Waals surface area contributed by atoms with E-state index in [0.29, 0.717) is 5.75 Å². The molecule has 0 saturated carbocycles. The van der Waals surface area contributed by atoms with Crippen LogP contribution in [-0.2, 0) is 0 Å². The first-order valence-corrected chi connectivity index (χ1v) is 7.42. The molecule has 0 aliphatic carbocycles. The Bertz CT molecular complexity index is 609. The maximum Gasteiger partial charge on any atom is 0.167 e. The van der Waals surface area contributed by atoms with Crippen molar-refractivity contribution in [2.45, 2.75) is 26.8 Å². The Morgan fingerprint density at radius 2 is 1.78 bits per heavy atom. The van der Waals surface area contributed by atoms with E-state index in [2.05, 4.69) is 4.98 Å². The van der Waals surface area contributed by atoms with Crippen molar-refractivity contribution < 1.29 is 18.3 Å². The summed E-state index contributed by atoms with van der Waals surface area (Å²) in [6.07, 6.45) is 3.30. The number of pyridine rings is 1. The largest absolute Gasteiger partial charge is 0.490 e. The lowest BCUT2D eigenvalue weighted by molar-refractivity contribution is 0.214. The van der Waals surface area contributed by atoms with Gasteiger partial charge in [-0.2, -0.15) is 0 Å². The Kier molecular flexibility index (Phi) is 7.97. The van der Waals surface area contributed by atoms with E-state index in [1.54, 1.807) is 12.4 Å². The molecule has 0 radical (unpaired) electrons. The minimum atomic E-state index is -0.758. The van der Waals surface area contributed by atoms with E-state index in [1.165, 1.54) is 6.07 Å². The molecule has 1 aromatic heterocycles. The maximum absolute atomic E-state index is 13.4. The zero-order chi connectivity index (χ0) is 17.2. The fraction of sp³-hybridized carbons (Fsp3) is 0.353. The fourth-order valence-electron chi connectivity index (χ4n) is 1.65. The molecule has 0 spiro atoms. The van der Waals surface area contributed by atoms with Crippen molar-refractivity contribution in [3.63, 3.8) is 0 Å². The van der Waals surface area contributed by atoms with Gasteiger partial charge in [0, 0.05) is 12.3 Å². The highest BCUT2D eigenvalue weighted by Gasteiger charge is 2.09. The number of nitrogens with zero attached hydrogens (tertiary/aromatic N) is 1. The van der Waals surface area contributed by atoms with Crippen molar-refractivity contribution in [3.05, 3.63) is 53.9 Å². The minimum absolute atomic E-state index is 0.0379. The van der Waals surface area contributed by atoms with Crippen LogP contribution in [0.3, 0.4) is 0 Å². The molecule has 0 aliphatic heterocycles. The predicted molar refractivity (Wildman–Crippen MR) is 85.6 cm³/mol. The average molecular weight is 324 g/mol. The van der Waals surface area contributed by atoms with Gasteiger partial charge in [-0.15, -0.1) is 0 Å². The third kappa shape index (κ3) is 6.61. The Morgan fingerprint density at radius 1 is 1.09 bits per heavy atom. The first-order chi connectivity index (χ1) is 11.0. The number of nitrogens with two attached hydrogens (primary N) is 1. The van der Waals surface area contributed by atoms with Crippen LogP contribution in [0.2, 0.25) is 0 Å². The van der Waals surface area contributed by atoms with E-state index >= 15 is 0 Å². The molecule has 1 atom stereocenters. The van der Waals surface area contributed by atoms with Crippen LogP contribution in [0.5, 0.6) is 11.5 Å². The van der Waals surface area contributed by atoms with Crippen LogP contribution in [-0.4, -0.2) is 24.2 Å². The Morgan fingerprint density at radius 3 is 2.43 bits per heavy atom. The summed E-state index contributed by atoms with van der Waals surface area (Å²) in [4.78, 5) is 3.99. The van der Waals surface area contributed by atoms with E-state index in [9.17, 15) is 8.78 Å². The van der Waals surface area contributed by atoms with Crippen molar-refractivity contribution >= 4 is 0 Å². The van der Waals surface area contributed by atoms with Gasteiger partial charge >= 0.3 is 0 Å². The van der Waals surface area contributed by atoms with Gasteiger partial charge in [-0.3, -0.25) is 4.98 Å². The van der Waals surface area contributed by atoms with Gasteiger partial charge in [0.05, 0.1) is 12.2 Å². The number of aryl methyl sites for hydroxylation is 1. The van der Waals surface area contributed by atoms with Crippen LogP contribution in [0.15, 0.2) is 36.7 Å². The monoisotopic (exact) mass is 324 g/mol. The number of benzene rings is 1. The van der Waals surface area contributed by atoms with Crippen LogP contribution in [0.25, 0.3) is 0 Å². The first kappa shape index (κ1) is 18.8. The summed E-state index contributed by atoms with van der Waals surface area (Å²) in [6.45, 7) is 6.16. The summed E-state index contributed by atoms with van der Waals surface area (Å²) in [5.41, 5.74) is 6.80. The van der Waals surface area contributed by atoms with E-state index < -0.39 is 17.7 Å². The Hall–Kier alpha value is -2.21. The third-order valence-electron chi connectivity index (χ3n) is 2.66. The zero-order valence-electron chi connectivity index (χ0n) is 13.6. The van der Waals surface area contributed by atoms with Crippen LogP contribution in [0, 0.1) is 18.6 Å². The van der Waals surface area contributed by atoms with Crippen molar-refractivity contribution in [1.82, 2.24) is 4.98 Å². The standard InChI is InChI=1S/C15H16F2N2O2.C2H6/c1-10-4-13(7-19-6-10)20-8-12(18)9-21-15-3-2-11(16)5-14(15)17;1-2/h2-7,12H,8-9,18H2,1H3;1-2H3. The first-order valence-electron chi connectivity index (χ1n) is 7.42. The number of rotatable bonds is 6. The van der Waals surface area contributed by atoms with E-state index in [0.717, 1.165) is 17.7 Å². The summed E-state index contributed by atoms with van der Waals surface area (Å²) in [6, 6.07) is 4.49. The summed E-state index contributed by atoms with van der Waals surface area (Å²) in [7, 11) is 0. The Labute approximate surface area is 135 Å². The molecule has 2 aromatic rings. The molecule has 0 saturated heterocycles. The van der Waals surface area contributed by atoms with Crippen molar-refractivity contribution in [2.75, 3.05) is 13.2 Å². The van der Waals surface area contributed by atoms with Crippen LogP contribution in [0.4, 0.5) is 8.78 Å². The predicted octanol–water partition coefficient (Wildman–Crippen LogP) is 3.48. The molecule has 0 amide bonds. The summed E-state index contributed by atoms with van der Waals surface area (Å²) < 4.78 is 36.8. The van der Waals surface area contributed by atoms with Gasteiger partial charge in [-0.05, 0) is 30.7 Å². The van der Waals surface area contributed by atoms with Crippen molar-refractivity contribution in [2.24, 2.45) is 5.73 Å². The lowest BCUT2D eigenvalue weighted by Crippen LogP contribution is -2.34. The maximum atomic E-state index is 13.4. The zero-order valence-corrected chi connectivity index (χ0v) is 13.6. The SMILES string of the molecule is CC.Cc1cncc(OCC(N)COc2ccc(F)cc2F)c1. The molecule has 1 unspecified atom stereocenters. The molecule has 6 heteroatoms. The molecular weight excluding hydrogens is 302 g/mol. The molecule has 2 N–H and O–H groups in total. The van der Waals surface area contributed by atoms with Crippen LogP contribution < -0.4 is 15.2 Å². The van der Waals surface area contributed by atoms with Gasteiger partial charge < -0.3 is 15.2 Å². The molecule has 0 bridgehead atoms. The number of halogens is 2. The molecule has 4 nitrogen and oxygen atoms in total. The van der Waals surface area contributed by atoms with Gasteiger partial charge in [0.25, 0.3) is 0 Å². The van der Waals surface area contributed by atoms with Crippen LogP contribution >= 0.6 is 0 Å². The lowest BCUT2D eigenvalue weighted by Gasteiger charge is -2.14. The van der Waals surface area contributed by atoms with Gasteiger partial charge in [-0.1, -0.05) is 13.8 Å². The average Bonchev–Trinajstić information content (AvgIpc) is 2.54. The second kappa shape index (κ2) is 9.74. The smallest absolute Gasteiger partial charge is 0.167 e. The highest BCUT2D eigenvalue weighted by molar-refractivity contribution is 5.25. The normalized spacial score (nSPS) is 11.2. The molecule has 0 aliphatic rings. The molecule has 0 fully saturated rings. The number of hydrogen-bond donors (Lipinski definition) is 1. The van der Waals surface area contributed by atoms with Gasteiger partial charge in [0.15, 0.2) is 11.6 Å². The van der Waals surface area contributed by atoms with Gasteiger partial charge in [0.2, 0.25) is 0 Å². The molecule has 1 heterocycles. The van der Waals surface area contributed by atoms with Crippen LogP contribution in [0.1, 0.15) is 19.4 Å². The van der Waals surface area contributed by atoms with E-state index in [1.807, 2.05) is 26.8 Å². The quantitative estimate of drug-likeness (QED) is 0.884. The summed E-state index contributed by atoms with van der Waals surface area (Å²) >= 11 is 0. The molecule has 2 rings (SSSR count). The van der Waals surface area contributed by atoms with E-state index in [-0.39, 0.29) is 19.0 Å². The third-order valence-corrected chi connectivity index (χ3v) is 2.66. The number of aromatic nitrogens is 1. The number of hydrogen-bond acceptors (Lipinski definition) is 4. The minimum Gasteiger partial charge on any atom is -0.490 e. The summed E-state index contributed by atoms with van der Waals surface area (Å²) in [5.74, 6) is -0.840. The lowest BCUT2D eigenvalue weighted by atomic mass is 10.3. The van der Waals surface area contributed by atoms with Gasteiger partial charge in [-0.25, -0.2) is 8.78 Å². The molecular formula is C17H22F2N2O2. The Balaban J connectivity index is 0.00000127. The van der Waals surface area contributed by atoms with Crippen molar-refractivity contribution in [3.8, 4) is 11.5 Å². The summed E-state index contributed by atoms with van der Waals surface area (Å²) in [5, 5.41) is 0. The highest BCUT2D eigenvalue weighted by Crippen LogP contribution is 2.17. The number of ether oxygens (including phenoxy) is 2. The second-order valence-electron chi connectivity index (χ2n) is 4.65. The van der Waals surface area contributed by atoms with E-state index in [4.69, 9.17) is 15.2 Å². The van der Waals surface area contributed by atoms with Crippen molar-refractivity contribution in [1.29, 1.82) is 0 Å². The molecule has 23 heavy (non-hydrogen) atoms. The second-order valence-corrected chi connectivity index (χ2v) is 4.65. The topological polar surface area (TPSA) is 57.4 Å². The fourth-order valence-corrected chi connectivity index (χ4v) is 1.65. The molecule has 1 aromatic carbocycles. The van der Waals surface area contributed by atoms with Gasteiger partial charge in [0.1, 0.15) is 24.8 Å².